The van der Waals surface area contributed by atoms with Gasteiger partial charge in [0.25, 0.3) is 17.4 Å². The molecule has 1 aromatic rings. The lowest BCUT2D eigenvalue weighted by atomic mass is 10.1. The topological polar surface area (TPSA) is 90.6 Å². The van der Waals surface area contributed by atoms with Gasteiger partial charge in [-0.1, -0.05) is 6.08 Å². The first-order valence-corrected chi connectivity index (χ1v) is 10.2. The van der Waals surface area contributed by atoms with Crippen molar-refractivity contribution in [3.63, 3.8) is 0 Å². The zero-order valence-corrected chi connectivity index (χ0v) is 18.4. The third kappa shape index (κ3) is 3.95. The van der Waals surface area contributed by atoms with Crippen LogP contribution in [0.4, 0.5) is 0 Å². The molecule has 10 heteroatoms. The van der Waals surface area contributed by atoms with Gasteiger partial charge in [0.15, 0.2) is 9.88 Å². The van der Waals surface area contributed by atoms with E-state index in [0.29, 0.717) is 26.2 Å². The fourth-order valence-electron chi connectivity index (χ4n) is 3.04. The molecule has 0 spiro atoms. The van der Waals surface area contributed by atoms with Crippen molar-refractivity contribution in [2.75, 3.05) is 13.1 Å². The lowest BCUT2D eigenvalue weighted by Gasteiger charge is -2.35. The van der Waals surface area contributed by atoms with Gasteiger partial charge in [0.2, 0.25) is 0 Å². The first-order chi connectivity index (χ1) is 13.7. The number of amides is 2. The van der Waals surface area contributed by atoms with E-state index in [2.05, 4.69) is 0 Å². The Morgan fingerprint density at radius 3 is 1.83 bits per heavy atom. The standard InChI is InChI=1S/C19H24N4O4S2/c1-5-20-14(24)12(15(25)21(6-2)18(20)28)10-9-11-13-16(26)22(7-3)19(29)23(8-4)17(13)27/h9-11,24H,5-8H2,1-4H3/p-1/b10-9+. The van der Waals surface area contributed by atoms with E-state index in [9.17, 15) is 19.5 Å². The average Bonchev–Trinajstić information content (AvgIpc) is 2.68. The maximum atomic E-state index is 12.6. The molecule has 0 aliphatic carbocycles. The highest BCUT2D eigenvalue weighted by molar-refractivity contribution is 7.80. The van der Waals surface area contributed by atoms with Crippen molar-refractivity contribution < 1.29 is 14.7 Å². The van der Waals surface area contributed by atoms with Gasteiger partial charge in [-0.2, -0.15) is 0 Å². The molecule has 1 saturated heterocycles. The molecule has 0 saturated carbocycles. The van der Waals surface area contributed by atoms with E-state index in [4.69, 9.17) is 24.4 Å². The molecular weight excluding hydrogens is 412 g/mol. The molecule has 0 N–H and O–H groups in total. The van der Waals surface area contributed by atoms with Crippen molar-refractivity contribution in [1.82, 2.24) is 18.9 Å². The second-order valence-corrected chi connectivity index (χ2v) is 6.85. The summed E-state index contributed by atoms with van der Waals surface area (Å²) in [6, 6.07) is 0. The van der Waals surface area contributed by atoms with Gasteiger partial charge in [-0.3, -0.25) is 28.8 Å². The normalized spacial score (nSPS) is 15.0. The summed E-state index contributed by atoms with van der Waals surface area (Å²) >= 11 is 10.4. The smallest absolute Gasteiger partial charge is 0.265 e. The number of aromatic nitrogens is 2. The number of likely N-dealkylation sites (N-methyl/N-ethyl adjacent to an activating group) is 2. The number of nitrogens with zero attached hydrogens (tertiary/aromatic N) is 4. The molecule has 8 nitrogen and oxygen atoms in total. The second kappa shape index (κ2) is 9.27. The summed E-state index contributed by atoms with van der Waals surface area (Å²) in [4.78, 5) is 40.5. The first kappa shape index (κ1) is 22.7. The molecule has 1 aliphatic rings. The molecule has 2 rings (SSSR count). The molecule has 0 bridgehead atoms. The summed E-state index contributed by atoms with van der Waals surface area (Å²) < 4.78 is 2.84. The Labute approximate surface area is 179 Å². The highest BCUT2D eigenvalue weighted by Gasteiger charge is 2.37. The fraction of sp³-hybridized carbons (Fsp3) is 0.421. The predicted octanol–water partition coefficient (Wildman–Crippen LogP) is 1.43. The number of carbonyl (C=O) groups excluding carboxylic acids is 2. The van der Waals surface area contributed by atoms with Crippen LogP contribution in [0, 0.1) is 4.77 Å². The SMILES string of the molecule is CCN1C(=O)C(=C/C=C/c2c([O-])n(CC)c(=S)n(CC)c2=O)C(=O)N(CC)C1=S. The average molecular weight is 436 g/mol. The van der Waals surface area contributed by atoms with Crippen molar-refractivity contribution in [2.24, 2.45) is 0 Å². The van der Waals surface area contributed by atoms with Crippen molar-refractivity contribution in [3.05, 3.63) is 38.4 Å². The zero-order valence-electron chi connectivity index (χ0n) is 16.8. The predicted molar refractivity (Wildman–Crippen MR) is 115 cm³/mol. The summed E-state index contributed by atoms with van der Waals surface area (Å²) in [6.45, 7) is 8.35. The van der Waals surface area contributed by atoms with Crippen molar-refractivity contribution in [1.29, 1.82) is 0 Å². The zero-order chi connectivity index (χ0) is 21.9. The summed E-state index contributed by atoms with van der Waals surface area (Å²) in [5.74, 6) is -1.51. The number of hydrogen-bond donors (Lipinski definition) is 0. The van der Waals surface area contributed by atoms with Crippen LogP contribution in [-0.4, -0.2) is 49.0 Å². The quantitative estimate of drug-likeness (QED) is 0.381. The van der Waals surface area contributed by atoms with Crippen molar-refractivity contribution in [3.8, 4) is 5.88 Å². The monoisotopic (exact) mass is 435 g/mol. The van der Waals surface area contributed by atoms with E-state index in [1.807, 2.05) is 0 Å². The minimum Gasteiger partial charge on any atom is -0.859 e. The Kier molecular flexibility index (Phi) is 7.26. The van der Waals surface area contributed by atoms with Crippen LogP contribution in [0.5, 0.6) is 5.88 Å². The van der Waals surface area contributed by atoms with Gasteiger partial charge in [0, 0.05) is 31.7 Å². The number of thiocarbonyl (C=S) groups is 1. The highest BCUT2D eigenvalue weighted by atomic mass is 32.1. The first-order valence-electron chi connectivity index (χ1n) is 9.35. The van der Waals surface area contributed by atoms with Crippen LogP contribution in [0.3, 0.4) is 0 Å². The number of hydrogen-bond acceptors (Lipinski definition) is 6. The molecular formula is C19H23N4O4S2-. The van der Waals surface area contributed by atoms with E-state index >= 15 is 0 Å². The van der Waals surface area contributed by atoms with E-state index in [1.165, 1.54) is 37.2 Å². The summed E-state index contributed by atoms with van der Waals surface area (Å²) in [5.41, 5.74) is -0.662. The largest absolute Gasteiger partial charge is 0.859 e. The van der Waals surface area contributed by atoms with E-state index in [0.717, 1.165) is 0 Å². The van der Waals surface area contributed by atoms with Gasteiger partial charge in [-0.15, -0.1) is 0 Å². The van der Waals surface area contributed by atoms with Gasteiger partial charge in [0.1, 0.15) is 5.57 Å². The lowest BCUT2D eigenvalue weighted by molar-refractivity contribution is -0.280. The van der Waals surface area contributed by atoms with Gasteiger partial charge in [0.05, 0.1) is 0 Å². The van der Waals surface area contributed by atoms with Gasteiger partial charge in [-0.05, 0) is 70.2 Å². The lowest BCUT2D eigenvalue weighted by Crippen LogP contribution is -2.55. The molecule has 29 heavy (non-hydrogen) atoms. The molecule has 156 valence electrons. The van der Waals surface area contributed by atoms with Gasteiger partial charge < -0.3 is 9.67 Å². The van der Waals surface area contributed by atoms with Crippen LogP contribution in [0.25, 0.3) is 6.08 Å². The minimum absolute atomic E-state index is 0.0786. The van der Waals surface area contributed by atoms with E-state index in [-0.39, 0.29) is 21.0 Å². The molecule has 0 radical (unpaired) electrons. The third-order valence-electron chi connectivity index (χ3n) is 4.62. The Morgan fingerprint density at radius 1 is 0.862 bits per heavy atom. The molecule has 1 aliphatic heterocycles. The summed E-state index contributed by atoms with van der Waals surface area (Å²) in [5, 5.41) is 12.8. The Morgan fingerprint density at radius 2 is 1.38 bits per heavy atom. The van der Waals surface area contributed by atoms with E-state index in [1.54, 1.807) is 27.7 Å². The van der Waals surface area contributed by atoms with Gasteiger partial charge in [-0.25, -0.2) is 0 Å². The highest BCUT2D eigenvalue weighted by Crippen LogP contribution is 2.18. The number of allylic oxidation sites excluding steroid dienone is 2. The molecule has 0 atom stereocenters. The van der Waals surface area contributed by atoms with Crippen LogP contribution in [0.2, 0.25) is 0 Å². The van der Waals surface area contributed by atoms with Crippen molar-refractivity contribution >= 4 is 47.4 Å². The molecule has 1 aromatic heterocycles. The fourth-order valence-corrected chi connectivity index (χ4v) is 3.89. The van der Waals surface area contributed by atoms with Crippen LogP contribution >= 0.6 is 24.4 Å². The van der Waals surface area contributed by atoms with Crippen LogP contribution in [0.1, 0.15) is 33.3 Å². The summed E-state index contributed by atoms with van der Waals surface area (Å²) in [7, 11) is 0. The molecule has 2 amide bonds. The molecule has 0 unspecified atom stereocenters. The van der Waals surface area contributed by atoms with Crippen LogP contribution in [0.15, 0.2) is 22.5 Å². The van der Waals surface area contributed by atoms with Crippen LogP contribution in [-0.2, 0) is 22.7 Å². The molecule has 0 aromatic carbocycles. The third-order valence-corrected chi connectivity index (χ3v) is 5.50. The Bertz CT molecular complexity index is 1010. The Balaban J connectivity index is 2.54. The maximum Gasteiger partial charge on any atom is 0.265 e. The van der Waals surface area contributed by atoms with Gasteiger partial charge >= 0.3 is 0 Å². The maximum absolute atomic E-state index is 12.6. The van der Waals surface area contributed by atoms with Crippen molar-refractivity contribution in [2.45, 2.75) is 40.8 Å². The number of carbonyl (C=O) groups is 2. The Hall–Kier alpha value is -2.59. The van der Waals surface area contributed by atoms with Crippen LogP contribution < -0.4 is 10.7 Å². The molecule has 1 fully saturated rings. The number of rotatable bonds is 6. The summed E-state index contributed by atoms with van der Waals surface area (Å²) in [6.07, 6.45) is 3.98. The van der Waals surface area contributed by atoms with E-state index < -0.39 is 23.3 Å². The second-order valence-electron chi connectivity index (χ2n) is 6.12. The minimum atomic E-state index is -0.505. The molecule has 2 heterocycles.